The fourth-order valence-corrected chi connectivity index (χ4v) is 4.32. The van der Waals surface area contributed by atoms with E-state index in [1.54, 1.807) is 30.3 Å². The van der Waals surface area contributed by atoms with Crippen molar-refractivity contribution < 1.29 is 13.2 Å². The van der Waals surface area contributed by atoms with Crippen LogP contribution in [0.3, 0.4) is 0 Å². The summed E-state index contributed by atoms with van der Waals surface area (Å²) in [7, 11) is -3.58. The molecule has 7 nitrogen and oxygen atoms in total. The normalized spacial score (nSPS) is 18.4. The number of carbonyl (C=O) groups excluding carboxylic acids is 1. The molecule has 1 heterocycles. The fraction of sp³-hybridized carbons (Fsp3) is 0.500. The SMILES string of the molecule is CCCNC(=S)NNC(=O)[C@H]1CCCN(S(=O)(=O)c2ccccc2)C1. The number of amides is 1. The number of nitrogens with one attached hydrogen (secondary N) is 3. The highest BCUT2D eigenvalue weighted by atomic mass is 32.2. The number of benzene rings is 1. The Morgan fingerprint density at radius 3 is 2.68 bits per heavy atom. The van der Waals surface area contributed by atoms with Gasteiger partial charge in [-0.1, -0.05) is 25.1 Å². The third kappa shape index (κ3) is 5.38. The molecule has 1 fully saturated rings. The molecule has 0 aromatic heterocycles. The number of piperidine rings is 1. The molecule has 25 heavy (non-hydrogen) atoms. The van der Waals surface area contributed by atoms with E-state index < -0.39 is 15.9 Å². The van der Waals surface area contributed by atoms with Gasteiger partial charge >= 0.3 is 0 Å². The van der Waals surface area contributed by atoms with Gasteiger partial charge in [-0.25, -0.2) is 8.42 Å². The van der Waals surface area contributed by atoms with Crippen molar-refractivity contribution in [2.24, 2.45) is 5.92 Å². The van der Waals surface area contributed by atoms with Crippen molar-refractivity contribution in [3.63, 3.8) is 0 Å². The summed E-state index contributed by atoms with van der Waals surface area (Å²) in [6.07, 6.45) is 2.21. The van der Waals surface area contributed by atoms with Crippen molar-refractivity contribution >= 4 is 33.3 Å². The Morgan fingerprint density at radius 2 is 2.00 bits per heavy atom. The minimum Gasteiger partial charge on any atom is -0.361 e. The maximum absolute atomic E-state index is 12.7. The number of hydrazine groups is 1. The molecule has 9 heteroatoms. The molecule has 0 bridgehead atoms. The third-order valence-corrected chi connectivity index (χ3v) is 6.10. The van der Waals surface area contributed by atoms with Crippen LogP contribution in [-0.2, 0) is 14.8 Å². The molecule has 1 aromatic rings. The summed E-state index contributed by atoms with van der Waals surface area (Å²) < 4.78 is 26.8. The largest absolute Gasteiger partial charge is 0.361 e. The highest BCUT2D eigenvalue weighted by Crippen LogP contribution is 2.23. The average molecular weight is 385 g/mol. The maximum atomic E-state index is 12.7. The van der Waals surface area contributed by atoms with Crippen molar-refractivity contribution in [2.45, 2.75) is 31.1 Å². The van der Waals surface area contributed by atoms with Crippen LogP contribution in [0.1, 0.15) is 26.2 Å². The first-order chi connectivity index (χ1) is 11.9. The summed E-state index contributed by atoms with van der Waals surface area (Å²) in [6.45, 7) is 3.32. The zero-order chi connectivity index (χ0) is 18.3. The van der Waals surface area contributed by atoms with Gasteiger partial charge in [-0.15, -0.1) is 0 Å². The smallest absolute Gasteiger partial charge is 0.243 e. The highest BCUT2D eigenvalue weighted by molar-refractivity contribution is 7.89. The van der Waals surface area contributed by atoms with E-state index >= 15 is 0 Å². The van der Waals surface area contributed by atoms with Gasteiger partial charge in [0.25, 0.3) is 0 Å². The standard InChI is InChI=1S/C16H24N4O3S2/c1-2-10-17-16(24)19-18-15(21)13-7-6-11-20(12-13)25(22,23)14-8-4-3-5-9-14/h3-5,8-9,13H,2,6-7,10-12H2,1H3,(H,18,21)(H2,17,19,24)/t13-/m0/s1. The molecule has 2 rings (SSSR count). The molecule has 1 atom stereocenters. The van der Waals surface area contributed by atoms with Crippen molar-refractivity contribution in [1.29, 1.82) is 0 Å². The molecule has 1 saturated heterocycles. The first-order valence-corrected chi connectivity index (χ1v) is 10.2. The van der Waals surface area contributed by atoms with Gasteiger partial charge in [0.2, 0.25) is 15.9 Å². The van der Waals surface area contributed by atoms with E-state index in [2.05, 4.69) is 16.2 Å². The topological polar surface area (TPSA) is 90.5 Å². The fourth-order valence-electron chi connectivity index (χ4n) is 2.62. The molecule has 3 N–H and O–H groups in total. The molecule has 0 radical (unpaired) electrons. The zero-order valence-corrected chi connectivity index (χ0v) is 15.8. The quantitative estimate of drug-likeness (QED) is 0.518. The summed E-state index contributed by atoms with van der Waals surface area (Å²) in [6, 6.07) is 8.29. The van der Waals surface area contributed by atoms with Gasteiger partial charge in [0.05, 0.1) is 10.8 Å². The van der Waals surface area contributed by atoms with Crippen LogP contribution >= 0.6 is 12.2 Å². The van der Waals surface area contributed by atoms with Crippen molar-refractivity contribution in [2.75, 3.05) is 19.6 Å². The van der Waals surface area contributed by atoms with E-state index in [0.29, 0.717) is 31.0 Å². The monoisotopic (exact) mass is 384 g/mol. The van der Waals surface area contributed by atoms with Crippen molar-refractivity contribution in [3.8, 4) is 0 Å². The van der Waals surface area contributed by atoms with E-state index in [9.17, 15) is 13.2 Å². The van der Waals surface area contributed by atoms with E-state index in [1.807, 2.05) is 6.92 Å². The van der Waals surface area contributed by atoms with Crippen LogP contribution in [0.5, 0.6) is 0 Å². The molecular formula is C16H24N4O3S2. The van der Waals surface area contributed by atoms with E-state index in [4.69, 9.17) is 12.2 Å². The van der Waals surface area contributed by atoms with Crippen LogP contribution in [0.2, 0.25) is 0 Å². The number of nitrogens with zero attached hydrogens (tertiary/aromatic N) is 1. The van der Waals surface area contributed by atoms with Crippen LogP contribution in [0, 0.1) is 5.92 Å². The molecule has 1 aliphatic heterocycles. The van der Waals surface area contributed by atoms with Crippen LogP contribution in [-0.4, -0.2) is 43.4 Å². The summed E-state index contributed by atoms with van der Waals surface area (Å²) in [5, 5.41) is 3.29. The van der Waals surface area contributed by atoms with Gasteiger partial charge in [-0.3, -0.25) is 15.6 Å². The Morgan fingerprint density at radius 1 is 1.28 bits per heavy atom. The second-order valence-electron chi connectivity index (χ2n) is 5.89. The minimum absolute atomic E-state index is 0.167. The van der Waals surface area contributed by atoms with Crippen LogP contribution < -0.4 is 16.2 Å². The summed E-state index contributed by atoms with van der Waals surface area (Å²) >= 11 is 5.04. The second-order valence-corrected chi connectivity index (χ2v) is 8.23. The van der Waals surface area contributed by atoms with Crippen LogP contribution in [0.25, 0.3) is 0 Å². The summed E-state index contributed by atoms with van der Waals surface area (Å²) in [4.78, 5) is 12.6. The Kier molecular flexibility index (Phi) is 7.15. The maximum Gasteiger partial charge on any atom is 0.243 e. The molecule has 1 aliphatic rings. The predicted octanol–water partition coefficient (Wildman–Crippen LogP) is 0.993. The summed E-state index contributed by atoms with van der Waals surface area (Å²) in [5.41, 5.74) is 5.21. The Bertz CT molecular complexity index is 695. The molecule has 138 valence electrons. The van der Waals surface area contributed by atoms with E-state index in [-0.39, 0.29) is 17.3 Å². The van der Waals surface area contributed by atoms with Crippen molar-refractivity contribution in [1.82, 2.24) is 20.5 Å². The van der Waals surface area contributed by atoms with Gasteiger partial charge in [0.1, 0.15) is 0 Å². The van der Waals surface area contributed by atoms with E-state index in [1.165, 1.54) is 4.31 Å². The molecule has 0 unspecified atom stereocenters. The number of rotatable bonds is 5. The lowest BCUT2D eigenvalue weighted by Gasteiger charge is -2.31. The molecule has 0 aliphatic carbocycles. The lowest BCUT2D eigenvalue weighted by Crippen LogP contribution is -2.52. The minimum atomic E-state index is -3.58. The number of carbonyl (C=O) groups is 1. The Balaban J connectivity index is 1.94. The number of sulfonamides is 1. The molecule has 0 saturated carbocycles. The zero-order valence-electron chi connectivity index (χ0n) is 14.2. The van der Waals surface area contributed by atoms with Gasteiger partial charge in [0.15, 0.2) is 5.11 Å². The van der Waals surface area contributed by atoms with Crippen LogP contribution in [0.15, 0.2) is 35.2 Å². The molecular weight excluding hydrogens is 360 g/mol. The van der Waals surface area contributed by atoms with Gasteiger partial charge < -0.3 is 5.32 Å². The summed E-state index contributed by atoms with van der Waals surface area (Å²) in [5.74, 6) is -0.665. The molecule has 0 spiro atoms. The van der Waals surface area contributed by atoms with Gasteiger partial charge in [-0.2, -0.15) is 4.31 Å². The number of hydrogen-bond donors (Lipinski definition) is 3. The lowest BCUT2D eigenvalue weighted by atomic mass is 9.99. The number of hydrogen-bond acceptors (Lipinski definition) is 4. The second kappa shape index (κ2) is 9.12. The van der Waals surface area contributed by atoms with E-state index in [0.717, 1.165) is 6.42 Å². The first kappa shape index (κ1) is 19.6. The van der Waals surface area contributed by atoms with Crippen LogP contribution in [0.4, 0.5) is 0 Å². The van der Waals surface area contributed by atoms with Crippen molar-refractivity contribution in [3.05, 3.63) is 30.3 Å². The number of thiocarbonyl (C=S) groups is 1. The molecule has 1 amide bonds. The highest BCUT2D eigenvalue weighted by Gasteiger charge is 2.33. The molecule has 1 aromatic carbocycles. The van der Waals surface area contributed by atoms with Gasteiger partial charge in [-0.05, 0) is 43.6 Å². The third-order valence-electron chi connectivity index (χ3n) is 3.97. The Labute approximate surface area is 154 Å². The first-order valence-electron chi connectivity index (χ1n) is 8.34. The average Bonchev–Trinajstić information content (AvgIpc) is 2.65. The van der Waals surface area contributed by atoms with Gasteiger partial charge in [0, 0.05) is 19.6 Å². The lowest BCUT2D eigenvalue weighted by molar-refractivity contribution is -0.126. The predicted molar refractivity (Wildman–Crippen MR) is 100 cm³/mol. The Hall–Kier alpha value is -1.71.